The summed E-state index contributed by atoms with van der Waals surface area (Å²) in [5.74, 6) is -2.32. The lowest BCUT2D eigenvalue weighted by atomic mass is 9.98. The molecule has 2 atom stereocenters. The molecule has 7 heteroatoms. The molecule has 1 aromatic rings. The number of carboxylic acids is 1. The number of carbonyl (C=O) groups excluding carboxylic acids is 2. The Morgan fingerprint density at radius 2 is 1.53 bits per heavy atom. The molecule has 0 aromatic heterocycles. The Labute approximate surface area is 178 Å². The zero-order chi connectivity index (χ0) is 22.9. The molecule has 0 spiro atoms. The molecule has 0 aliphatic heterocycles. The van der Waals surface area contributed by atoms with Crippen molar-refractivity contribution < 1.29 is 29.0 Å². The second-order valence-corrected chi connectivity index (χ2v) is 9.06. The second-order valence-electron chi connectivity index (χ2n) is 9.06. The number of hydrogen-bond acceptors (Lipinski definition) is 5. The van der Waals surface area contributed by atoms with Crippen molar-refractivity contribution in [3.8, 4) is 0 Å². The van der Waals surface area contributed by atoms with Crippen molar-refractivity contribution in [2.24, 2.45) is 5.92 Å². The smallest absolute Gasteiger partial charge is 0.408 e. The van der Waals surface area contributed by atoms with E-state index in [4.69, 9.17) is 9.47 Å². The van der Waals surface area contributed by atoms with Crippen molar-refractivity contribution >= 4 is 18.0 Å². The van der Waals surface area contributed by atoms with E-state index in [1.165, 1.54) is 12.2 Å². The number of rotatable bonds is 8. The van der Waals surface area contributed by atoms with E-state index >= 15 is 0 Å². The molecule has 0 saturated heterocycles. The number of carboxylic acid groups (broad SMARTS) is 1. The molecule has 166 valence electrons. The molecule has 0 aliphatic carbocycles. The topological polar surface area (TPSA) is 102 Å². The number of esters is 1. The van der Waals surface area contributed by atoms with E-state index in [2.05, 4.69) is 5.32 Å². The first-order valence-corrected chi connectivity index (χ1v) is 9.91. The van der Waals surface area contributed by atoms with Crippen LogP contribution in [-0.4, -0.2) is 40.4 Å². The van der Waals surface area contributed by atoms with E-state index in [0.29, 0.717) is 0 Å². The monoisotopic (exact) mass is 419 g/mol. The molecule has 2 N–H and O–H groups in total. The van der Waals surface area contributed by atoms with E-state index < -0.39 is 41.2 Å². The first kappa shape index (κ1) is 25.2. The summed E-state index contributed by atoms with van der Waals surface area (Å²) in [5.41, 5.74) is -0.506. The van der Waals surface area contributed by atoms with Crippen LogP contribution in [0.15, 0.2) is 42.5 Å². The van der Waals surface area contributed by atoms with Gasteiger partial charge in [-0.1, -0.05) is 42.5 Å². The molecule has 0 heterocycles. The van der Waals surface area contributed by atoms with Gasteiger partial charge in [-0.05, 0) is 53.5 Å². The summed E-state index contributed by atoms with van der Waals surface area (Å²) in [6, 6.07) is 8.46. The fourth-order valence-corrected chi connectivity index (χ4v) is 2.56. The molecule has 0 bridgehead atoms. The molecule has 0 aliphatic rings. The first-order chi connectivity index (χ1) is 13.7. The number of carbonyl (C=O) groups is 3. The minimum atomic E-state index is -0.997. The van der Waals surface area contributed by atoms with Crippen LogP contribution >= 0.6 is 0 Å². The Hall–Kier alpha value is -2.83. The lowest BCUT2D eigenvalue weighted by molar-refractivity contribution is -0.155. The maximum Gasteiger partial charge on any atom is 0.408 e. The second kappa shape index (κ2) is 10.8. The molecule has 0 fully saturated rings. The fourth-order valence-electron chi connectivity index (χ4n) is 2.56. The predicted molar refractivity (Wildman–Crippen MR) is 114 cm³/mol. The standard InChI is InChI=1S/C23H33NO6/c1-22(2,3)29-19(25)15-18(24-21(28)30-23(4,5)6)13-12-17(20(26)27)14-16-10-8-7-9-11-16/h7-13,17-18H,14-15H2,1-6H3,(H,24,28)(H,26,27)/b13-12+/t17-,18-/m0/s1. The van der Waals surface area contributed by atoms with E-state index in [0.717, 1.165) is 5.56 Å². The van der Waals surface area contributed by atoms with Gasteiger partial charge < -0.3 is 19.9 Å². The van der Waals surface area contributed by atoms with Crippen molar-refractivity contribution in [3.05, 3.63) is 48.0 Å². The molecule has 0 saturated carbocycles. The highest BCUT2D eigenvalue weighted by Gasteiger charge is 2.24. The van der Waals surface area contributed by atoms with Gasteiger partial charge in [-0.15, -0.1) is 0 Å². The van der Waals surface area contributed by atoms with Gasteiger partial charge in [0.05, 0.1) is 18.4 Å². The van der Waals surface area contributed by atoms with Gasteiger partial charge in [0.2, 0.25) is 0 Å². The van der Waals surface area contributed by atoms with Crippen LogP contribution < -0.4 is 5.32 Å². The third kappa shape index (κ3) is 11.2. The van der Waals surface area contributed by atoms with Gasteiger partial charge in [0.15, 0.2) is 0 Å². The number of nitrogens with one attached hydrogen (secondary N) is 1. The Morgan fingerprint density at radius 3 is 2.03 bits per heavy atom. The molecule has 30 heavy (non-hydrogen) atoms. The molecular weight excluding hydrogens is 386 g/mol. The van der Waals surface area contributed by atoms with Crippen LogP contribution in [0.25, 0.3) is 0 Å². The normalized spacial score (nSPS) is 14.1. The van der Waals surface area contributed by atoms with Gasteiger partial charge in [-0.2, -0.15) is 0 Å². The highest BCUT2D eigenvalue weighted by atomic mass is 16.6. The van der Waals surface area contributed by atoms with Crippen LogP contribution in [0.2, 0.25) is 0 Å². The number of hydrogen-bond donors (Lipinski definition) is 2. The van der Waals surface area contributed by atoms with Crippen molar-refractivity contribution in [1.29, 1.82) is 0 Å². The first-order valence-electron chi connectivity index (χ1n) is 9.91. The lowest BCUT2D eigenvalue weighted by Crippen LogP contribution is -2.40. The number of alkyl carbamates (subject to hydrolysis) is 1. The zero-order valence-electron chi connectivity index (χ0n) is 18.6. The van der Waals surface area contributed by atoms with E-state index in [1.807, 2.05) is 30.3 Å². The predicted octanol–water partition coefficient (Wildman–Crippen LogP) is 4.11. The van der Waals surface area contributed by atoms with Gasteiger partial charge >= 0.3 is 18.0 Å². The highest BCUT2D eigenvalue weighted by Crippen LogP contribution is 2.14. The van der Waals surface area contributed by atoms with Gasteiger partial charge in [0, 0.05) is 0 Å². The third-order valence-electron chi connectivity index (χ3n) is 3.70. The van der Waals surface area contributed by atoms with Crippen LogP contribution in [-0.2, 0) is 25.5 Å². The molecule has 1 aromatic carbocycles. The van der Waals surface area contributed by atoms with Gasteiger partial charge in [0.1, 0.15) is 11.2 Å². The number of aliphatic carboxylic acids is 1. The maximum atomic E-state index is 12.2. The lowest BCUT2D eigenvalue weighted by Gasteiger charge is -2.24. The summed E-state index contributed by atoms with van der Waals surface area (Å²) in [7, 11) is 0. The van der Waals surface area contributed by atoms with Gasteiger partial charge in [0.25, 0.3) is 0 Å². The van der Waals surface area contributed by atoms with Gasteiger partial charge in [-0.25, -0.2) is 4.79 Å². The summed E-state index contributed by atoms with van der Waals surface area (Å²) in [6.45, 7) is 10.4. The summed E-state index contributed by atoms with van der Waals surface area (Å²) < 4.78 is 10.6. The van der Waals surface area contributed by atoms with Gasteiger partial charge in [-0.3, -0.25) is 9.59 Å². The molecular formula is C23H33NO6. The summed E-state index contributed by atoms with van der Waals surface area (Å²) in [6.07, 6.45) is 2.44. The number of benzene rings is 1. The molecule has 0 radical (unpaired) electrons. The Balaban J connectivity index is 2.95. The molecule has 7 nitrogen and oxygen atoms in total. The van der Waals surface area contributed by atoms with E-state index in [1.54, 1.807) is 41.5 Å². The highest BCUT2D eigenvalue weighted by molar-refractivity contribution is 5.75. The van der Waals surface area contributed by atoms with Crippen molar-refractivity contribution in [2.75, 3.05) is 0 Å². The Kier molecular flexibility index (Phi) is 9.08. The molecule has 0 unspecified atom stereocenters. The van der Waals surface area contributed by atoms with Crippen LogP contribution in [0.3, 0.4) is 0 Å². The van der Waals surface area contributed by atoms with Crippen molar-refractivity contribution in [1.82, 2.24) is 5.32 Å². The minimum Gasteiger partial charge on any atom is -0.481 e. The number of ether oxygens (including phenoxy) is 2. The van der Waals surface area contributed by atoms with Crippen LogP contribution in [0.4, 0.5) is 4.79 Å². The quantitative estimate of drug-likeness (QED) is 0.486. The summed E-state index contributed by atoms with van der Waals surface area (Å²) in [5, 5.41) is 12.2. The third-order valence-corrected chi connectivity index (χ3v) is 3.70. The maximum absolute atomic E-state index is 12.2. The van der Waals surface area contributed by atoms with E-state index in [-0.39, 0.29) is 12.8 Å². The van der Waals surface area contributed by atoms with Crippen molar-refractivity contribution in [2.45, 2.75) is 71.6 Å². The average Bonchev–Trinajstić information content (AvgIpc) is 2.55. The number of amides is 1. The fraction of sp³-hybridized carbons (Fsp3) is 0.522. The minimum absolute atomic E-state index is 0.148. The van der Waals surface area contributed by atoms with Crippen LogP contribution in [0.5, 0.6) is 0 Å². The SMILES string of the molecule is CC(C)(C)OC(=O)C[C@H](/C=C/[C@@H](Cc1ccccc1)C(=O)O)NC(=O)OC(C)(C)C. The van der Waals surface area contributed by atoms with Crippen molar-refractivity contribution in [3.63, 3.8) is 0 Å². The average molecular weight is 420 g/mol. The van der Waals surface area contributed by atoms with E-state index in [9.17, 15) is 19.5 Å². The summed E-state index contributed by atoms with van der Waals surface area (Å²) in [4.78, 5) is 36.1. The molecule has 1 amide bonds. The molecule has 1 rings (SSSR count). The van der Waals surface area contributed by atoms with Crippen LogP contribution in [0, 0.1) is 5.92 Å². The summed E-state index contributed by atoms with van der Waals surface area (Å²) >= 11 is 0. The largest absolute Gasteiger partial charge is 0.481 e. The Morgan fingerprint density at radius 1 is 0.967 bits per heavy atom. The van der Waals surface area contributed by atoms with Crippen LogP contribution in [0.1, 0.15) is 53.5 Å². The zero-order valence-corrected chi connectivity index (χ0v) is 18.6. The Bertz CT molecular complexity index is 713.